The molecule has 44 heteroatoms. The molecule has 8 fully saturated rings. The quantitative estimate of drug-likeness (QED) is 0.0404. The molecule has 0 aromatic carbocycles. The van der Waals surface area contributed by atoms with Crippen LogP contribution in [0.4, 0.5) is 0 Å². The molecule has 26 N–H and O–H groups in total. The molecule has 568 valence electrons. The Kier molecular flexibility index (Phi) is 28.9. The minimum Gasteiger partial charge on any atom is -0.394 e. The summed E-state index contributed by atoms with van der Waals surface area (Å²) in [6, 6.07) is -5.48. The molecule has 0 saturated carbocycles. The van der Waals surface area contributed by atoms with Crippen molar-refractivity contribution in [1.82, 2.24) is 16.0 Å². The summed E-state index contributed by atoms with van der Waals surface area (Å²) in [6.45, 7) is -5.49. The minimum absolute atomic E-state index is 0.827. The molecule has 8 heterocycles. The Morgan fingerprint density at radius 1 is 0.265 bits per heavy atom. The predicted octanol–water partition coefficient (Wildman–Crippen LogP) is -18.0. The number of hydrogen-bond donors (Lipinski definition) is 26. The fourth-order valence-corrected chi connectivity index (χ4v) is 12.6. The zero-order valence-electron chi connectivity index (χ0n) is 52.4. The van der Waals surface area contributed by atoms with Gasteiger partial charge in [-0.15, -0.1) is 0 Å². The van der Waals surface area contributed by atoms with Crippen LogP contribution in [0.15, 0.2) is 0 Å². The van der Waals surface area contributed by atoms with Gasteiger partial charge in [0.2, 0.25) is 17.7 Å². The summed E-state index contributed by atoms with van der Waals surface area (Å²) in [4.78, 5) is 37.8. The summed E-state index contributed by atoms with van der Waals surface area (Å²) in [5, 5.41) is 259. The van der Waals surface area contributed by atoms with Crippen molar-refractivity contribution in [2.75, 3.05) is 52.9 Å². The van der Waals surface area contributed by atoms with Crippen molar-refractivity contribution in [2.45, 2.75) is 266 Å². The highest BCUT2D eigenvalue weighted by Gasteiger charge is 2.60. The van der Waals surface area contributed by atoms with Crippen LogP contribution < -0.4 is 16.0 Å². The average Bonchev–Trinajstić information content (AvgIpc) is 0.779. The first-order valence-corrected chi connectivity index (χ1v) is 31.1. The Labute approximate surface area is 554 Å². The Bertz CT molecular complexity index is 2510. The predicted molar refractivity (Wildman–Crippen MR) is 299 cm³/mol. The number of amides is 3. The van der Waals surface area contributed by atoms with Gasteiger partial charge in [-0.05, 0) is 0 Å². The number of carbonyl (C=O) groups excluding carboxylic acids is 3. The standard InChI is InChI=1S/C54H91N3O41/c1-12(65)55-23-31(73)41(19(8-62)85-47(23)83)95-52-40(82)44(96-54-46(37(79)29(71)18(7-61)89-54)98-49-25(57-14(3)67)33(75)43(21(10-64)91-49)94-51-39(81)35(77)27(69)16(5-59)87-51)30(72)22(92-52)11-84-53-45(36(78)28(70)17(6-60)88-53)97-48-24(56-13(2)66)32(74)42(20(9-63)90-48)93-50-38(80)34(76)26(68)15(4-58)86-50/h15-54,58-64,68-83H,4-11H2,1-3H3,(H,55,65)(H,56,66)(H,57,67)/t15-,16-,17-,18-,19-,20-,21-,22-,23-,24-,25-,26+,27+,28-,29-,30-,31-,32-,33-,34+,35+,36+,37+,38-,39-,40-,41-,42-,43-,44+,45-,46-,47-,48+,49+,50+,51+,52+,53+,54-/m1/s1. The van der Waals surface area contributed by atoms with Gasteiger partial charge >= 0.3 is 0 Å². The van der Waals surface area contributed by atoms with E-state index in [0.29, 0.717) is 0 Å². The molecular formula is C54H91N3O41. The van der Waals surface area contributed by atoms with Crippen molar-refractivity contribution >= 4 is 17.7 Å². The largest absolute Gasteiger partial charge is 0.394 e. The van der Waals surface area contributed by atoms with Gasteiger partial charge in [-0.25, -0.2) is 0 Å². The highest BCUT2D eigenvalue weighted by molar-refractivity contribution is 5.74. The summed E-state index contributed by atoms with van der Waals surface area (Å²) >= 11 is 0. The van der Waals surface area contributed by atoms with Crippen LogP contribution >= 0.6 is 0 Å². The van der Waals surface area contributed by atoms with Crippen molar-refractivity contribution in [3.63, 3.8) is 0 Å². The molecule has 0 aromatic heterocycles. The first-order valence-electron chi connectivity index (χ1n) is 31.1. The molecule has 0 bridgehead atoms. The lowest BCUT2D eigenvalue weighted by molar-refractivity contribution is -0.397. The van der Waals surface area contributed by atoms with Gasteiger partial charge in [-0.1, -0.05) is 0 Å². The third-order valence-corrected chi connectivity index (χ3v) is 17.8. The van der Waals surface area contributed by atoms with Crippen LogP contribution in [0.3, 0.4) is 0 Å². The zero-order valence-corrected chi connectivity index (χ0v) is 52.4. The highest BCUT2D eigenvalue weighted by atomic mass is 16.8. The SMILES string of the molecule is CC(=O)N[C@@H]1[C@@H](O)[C@H](O[C@@H]2O[C@H](CO[C@H]3O[C@H](CO)[C@@H](O)[C@H](O)[C@H]3O[C@@H]3O[C@H](CO)[C@@H](O[C@@H]4O[C@H](CO)[C@H](O)[C@H](O)[C@H]4O)[C@H](O)[C@H]3NC(C)=O)[C@@H](O)[C@H](O[C@H]3O[C@H](CO)[C@@H](O)[C@H](O)[C@H]3O[C@@H]3O[C@H](CO)[C@@H](O[C@@H]4O[C@H](CO)[C@H](O)[C@H](O)[C@H]4O)[C@H](O)[C@H]3NC(C)=O)[C@H]2O)[C@@H](CO)O[C@H]1O. The fourth-order valence-electron chi connectivity index (χ4n) is 12.6. The second kappa shape index (κ2) is 35.1. The molecule has 8 aliphatic heterocycles. The van der Waals surface area contributed by atoms with Crippen molar-refractivity contribution in [3.05, 3.63) is 0 Å². The van der Waals surface area contributed by atoms with Crippen molar-refractivity contribution in [1.29, 1.82) is 0 Å². The zero-order chi connectivity index (χ0) is 72.2. The Hall–Kier alpha value is -3.11. The van der Waals surface area contributed by atoms with E-state index in [1.807, 2.05) is 0 Å². The molecular weight excluding hydrogens is 1350 g/mol. The molecule has 8 aliphatic rings. The van der Waals surface area contributed by atoms with Crippen molar-refractivity contribution < 1.29 is 203 Å². The van der Waals surface area contributed by atoms with E-state index in [1.165, 1.54) is 0 Å². The second-order valence-corrected chi connectivity index (χ2v) is 24.6. The van der Waals surface area contributed by atoms with Gasteiger partial charge in [-0.3, -0.25) is 14.4 Å². The van der Waals surface area contributed by atoms with Gasteiger partial charge in [-0.2, -0.15) is 0 Å². The van der Waals surface area contributed by atoms with E-state index in [-0.39, 0.29) is 0 Å². The van der Waals surface area contributed by atoms with Crippen LogP contribution in [0.2, 0.25) is 0 Å². The normalized spacial score (nSPS) is 49.5. The summed E-state index contributed by atoms with van der Waals surface area (Å²) < 4.78 is 87.8. The van der Waals surface area contributed by atoms with E-state index in [4.69, 9.17) is 71.1 Å². The Balaban J connectivity index is 1.10. The van der Waals surface area contributed by atoms with Gasteiger partial charge in [0, 0.05) is 20.8 Å². The first-order chi connectivity index (χ1) is 46.4. The van der Waals surface area contributed by atoms with Crippen LogP contribution in [-0.4, -0.2) is 433 Å². The maximum atomic E-state index is 12.8. The number of nitrogens with one attached hydrogen (secondary N) is 3. The lowest BCUT2D eigenvalue weighted by Crippen LogP contribution is -2.70. The third kappa shape index (κ3) is 17.5. The molecule has 3 amide bonds. The second-order valence-electron chi connectivity index (χ2n) is 24.6. The third-order valence-electron chi connectivity index (χ3n) is 17.8. The van der Waals surface area contributed by atoms with Crippen LogP contribution in [0.1, 0.15) is 20.8 Å². The molecule has 8 rings (SSSR count). The van der Waals surface area contributed by atoms with Crippen molar-refractivity contribution in [3.8, 4) is 0 Å². The Morgan fingerprint density at radius 2 is 0.551 bits per heavy atom. The first kappa shape index (κ1) is 80.6. The van der Waals surface area contributed by atoms with E-state index in [0.717, 1.165) is 20.8 Å². The maximum absolute atomic E-state index is 12.8. The molecule has 40 atom stereocenters. The molecule has 0 aromatic rings. The summed E-state index contributed by atoms with van der Waals surface area (Å²) in [7, 11) is 0. The average molecular weight is 1440 g/mol. The fraction of sp³-hybridized carbons (Fsp3) is 0.944. The minimum atomic E-state index is -2.45. The molecule has 8 saturated heterocycles. The van der Waals surface area contributed by atoms with E-state index in [9.17, 15) is 132 Å². The number of carbonyl (C=O) groups is 3. The van der Waals surface area contributed by atoms with Gasteiger partial charge in [0.1, 0.15) is 195 Å². The van der Waals surface area contributed by atoms with Gasteiger partial charge in [0.25, 0.3) is 0 Å². The molecule has 0 radical (unpaired) electrons. The lowest BCUT2D eigenvalue weighted by atomic mass is 9.94. The number of aliphatic hydroxyl groups is 23. The highest BCUT2D eigenvalue weighted by Crippen LogP contribution is 2.39. The molecule has 44 nitrogen and oxygen atoms in total. The van der Waals surface area contributed by atoms with Crippen molar-refractivity contribution in [2.24, 2.45) is 0 Å². The van der Waals surface area contributed by atoms with Gasteiger partial charge in [0.05, 0.1) is 52.9 Å². The summed E-state index contributed by atoms with van der Waals surface area (Å²) in [6.07, 6.45) is -75.2. The van der Waals surface area contributed by atoms with Crippen LogP contribution in [0, 0.1) is 0 Å². The van der Waals surface area contributed by atoms with Crippen LogP contribution in [0.25, 0.3) is 0 Å². The van der Waals surface area contributed by atoms with Gasteiger partial charge in [0.15, 0.2) is 50.3 Å². The topological polar surface area (TPSA) is 691 Å². The van der Waals surface area contributed by atoms with Gasteiger partial charge < -0.3 is 204 Å². The molecule has 0 spiro atoms. The lowest BCUT2D eigenvalue weighted by Gasteiger charge is -2.51. The smallest absolute Gasteiger partial charge is 0.217 e. The molecule has 98 heavy (non-hydrogen) atoms. The van der Waals surface area contributed by atoms with E-state index in [1.54, 1.807) is 0 Å². The number of ether oxygens (including phenoxy) is 15. The van der Waals surface area contributed by atoms with E-state index >= 15 is 0 Å². The molecule has 0 unspecified atom stereocenters. The van der Waals surface area contributed by atoms with Crippen LogP contribution in [-0.2, 0) is 85.4 Å². The number of aliphatic hydroxyl groups excluding tert-OH is 23. The Morgan fingerprint density at radius 3 is 0.939 bits per heavy atom. The summed E-state index contributed by atoms with van der Waals surface area (Å²) in [5.74, 6) is -2.65. The number of rotatable bonds is 25. The maximum Gasteiger partial charge on any atom is 0.217 e. The number of hydrogen-bond acceptors (Lipinski definition) is 41. The van der Waals surface area contributed by atoms with E-state index in [2.05, 4.69) is 16.0 Å². The van der Waals surface area contributed by atoms with Crippen LogP contribution in [0.5, 0.6) is 0 Å². The van der Waals surface area contributed by atoms with E-state index < -0.39 is 316 Å². The molecule has 0 aliphatic carbocycles. The monoisotopic (exact) mass is 1440 g/mol. The summed E-state index contributed by atoms with van der Waals surface area (Å²) in [5.41, 5.74) is 0.